The fraction of sp³-hybridized carbons (Fsp3) is 0.0625. The first kappa shape index (κ1) is 41.3. The molecule has 324 valence electrons. The summed E-state index contributed by atoms with van der Waals surface area (Å²) in [7, 11) is 0. The van der Waals surface area contributed by atoms with Crippen LogP contribution in [0.15, 0.2) is 252 Å². The highest BCUT2D eigenvalue weighted by Crippen LogP contribution is 2.61. The Bertz CT molecular complexity index is 3310. The van der Waals surface area contributed by atoms with E-state index in [1.165, 1.54) is 22.3 Å². The number of hydrogen-bond acceptors (Lipinski definition) is 2. The van der Waals surface area contributed by atoms with Crippen LogP contribution in [0.5, 0.6) is 0 Å². The molecule has 0 amide bonds. The molecular weight excluding hydrogens is 961 g/mol. The lowest BCUT2D eigenvalue weighted by Gasteiger charge is -2.46. The molecule has 0 radical (unpaired) electrons. The summed E-state index contributed by atoms with van der Waals surface area (Å²) in [6.07, 6.45) is 0. The quantitative estimate of drug-likeness (QED) is 0.174. The van der Waals surface area contributed by atoms with Gasteiger partial charge >= 0.3 is 0 Å². The van der Waals surface area contributed by atoms with Crippen LogP contribution in [-0.4, -0.2) is 10.2 Å². The first-order valence-corrected chi connectivity index (χ1v) is 24.7. The Labute approximate surface area is 413 Å². The van der Waals surface area contributed by atoms with E-state index in [0.29, 0.717) is 33.4 Å². The third-order valence-corrected chi connectivity index (χ3v) is 16.3. The summed E-state index contributed by atoms with van der Waals surface area (Å²) in [5.41, 5.74) is 12.8. The highest BCUT2D eigenvalue weighted by atomic mass is 79.9. The van der Waals surface area contributed by atoms with Crippen LogP contribution in [-0.2, 0) is 22.0 Å². The Kier molecular flexibility index (Phi) is 9.29. The van der Waals surface area contributed by atoms with Gasteiger partial charge in [-0.2, -0.15) is 0 Å². The monoisotopic (exact) mass is 1000 g/mol. The van der Waals surface area contributed by atoms with Gasteiger partial charge in [0.05, 0.1) is 10.8 Å². The van der Waals surface area contributed by atoms with Crippen LogP contribution in [0.3, 0.4) is 0 Å². The summed E-state index contributed by atoms with van der Waals surface area (Å²) < 4.78 is 1.59. The van der Waals surface area contributed by atoms with Gasteiger partial charge in [0.2, 0.25) is 0 Å². The average Bonchev–Trinajstić information content (AvgIpc) is 3.87. The van der Waals surface area contributed by atoms with E-state index in [1.807, 2.05) is 36.4 Å². The van der Waals surface area contributed by atoms with Crippen molar-refractivity contribution in [1.29, 1.82) is 0 Å². The van der Waals surface area contributed by atoms with Gasteiger partial charge in [0.25, 0.3) is 0 Å². The van der Waals surface area contributed by atoms with Gasteiger partial charge in [0.1, 0.15) is 11.2 Å². The van der Waals surface area contributed by atoms with E-state index < -0.39 is 22.0 Å². The highest BCUT2D eigenvalue weighted by molar-refractivity contribution is 9.10. The molecule has 10 aromatic carbocycles. The molecule has 0 heterocycles. The molecular formula is C64H42Br2O2. The average molecular weight is 1000 g/mol. The van der Waals surface area contributed by atoms with Gasteiger partial charge in [-0.05, 0) is 113 Å². The lowest BCUT2D eigenvalue weighted by atomic mass is 9.62. The molecule has 10 aromatic rings. The molecule has 13 rings (SSSR count). The molecule has 2 atom stereocenters. The van der Waals surface area contributed by atoms with Crippen molar-refractivity contribution in [3.63, 3.8) is 0 Å². The topological polar surface area (TPSA) is 40.5 Å². The summed E-state index contributed by atoms with van der Waals surface area (Å²) in [6, 6.07) is 85.3. The van der Waals surface area contributed by atoms with Gasteiger partial charge in [-0.3, -0.25) is 0 Å². The van der Waals surface area contributed by atoms with Gasteiger partial charge in [0, 0.05) is 20.1 Å². The maximum absolute atomic E-state index is 14.2. The lowest BCUT2D eigenvalue weighted by molar-refractivity contribution is 0.0745. The zero-order valence-electron chi connectivity index (χ0n) is 36.7. The molecule has 3 aliphatic rings. The van der Waals surface area contributed by atoms with Crippen molar-refractivity contribution in [2.75, 3.05) is 0 Å². The van der Waals surface area contributed by atoms with E-state index in [0.717, 1.165) is 53.5 Å². The molecule has 0 bridgehead atoms. The number of fused-ring (bicyclic) bond motifs is 8. The maximum atomic E-state index is 14.2. The summed E-state index contributed by atoms with van der Waals surface area (Å²) >= 11 is 7.66. The predicted molar refractivity (Wildman–Crippen MR) is 280 cm³/mol. The fourth-order valence-electron chi connectivity index (χ4n) is 12.5. The molecule has 0 fully saturated rings. The van der Waals surface area contributed by atoms with Crippen molar-refractivity contribution in [2.24, 2.45) is 0 Å². The molecule has 4 heteroatoms. The third-order valence-electron chi connectivity index (χ3n) is 15.3. The zero-order chi connectivity index (χ0) is 45.8. The van der Waals surface area contributed by atoms with E-state index in [2.05, 4.69) is 238 Å². The molecule has 0 aromatic heterocycles. The van der Waals surface area contributed by atoms with Crippen molar-refractivity contribution in [2.45, 2.75) is 22.0 Å². The van der Waals surface area contributed by atoms with Crippen LogP contribution in [0.1, 0.15) is 77.9 Å². The highest BCUT2D eigenvalue weighted by Gasteiger charge is 2.54. The third kappa shape index (κ3) is 5.46. The Morgan fingerprint density at radius 1 is 0.235 bits per heavy atom. The second-order valence-corrected chi connectivity index (χ2v) is 20.2. The smallest absolute Gasteiger partial charge is 0.141 e. The summed E-state index contributed by atoms with van der Waals surface area (Å²) in [6.45, 7) is 0. The van der Waals surface area contributed by atoms with Crippen molar-refractivity contribution in [1.82, 2.24) is 0 Å². The maximum Gasteiger partial charge on any atom is 0.141 e. The zero-order valence-corrected chi connectivity index (χ0v) is 39.9. The lowest BCUT2D eigenvalue weighted by Crippen LogP contribution is -2.44. The van der Waals surface area contributed by atoms with Crippen LogP contribution in [0.4, 0.5) is 0 Å². The number of benzene rings is 10. The first-order chi connectivity index (χ1) is 33.3. The fourth-order valence-corrected chi connectivity index (χ4v) is 13.2. The number of rotatable bonds is 6. The van der Waals surface area contributed by atoms with E-state index in [4.69, 9.17) is 0 Å². The van der Waals surface area contributed by atoms with Gasteiger partial charge in [-0.25, -0.2) is 0 Å². The van der Waals surface area contributed by atoms with Crippen molar-refractivity contribution >= 4 is 31.9 Å². The van der Waals surface area contributed by atoms with Crippen molar-refractivity contribution < 1.29 is 10.2 Å². The SMILES string of the molecule is OC1(c2ccc3c(c2)C(c2ccccc2)(c2ccccc2)c2ccccc2-3)c2ccc(Br)cc2C(O)(c2ccc3c(c2)C(c2ccccc2)(c2ccccc2)c2ccccc2-3)c2ccc(Br)cc21. The van der Waals surface area contributed by atoms with Gasteiger partial charge < -0.3 is 10.2 Å². The van der Waals surface area contributed by atoms with E-state index in [-0.39, 0.29) is 0 Å². The number of aliphatic hydroxyl groups is 2. The van der Waals surface area contributed by atoms with Crippen molar-refractivity contribution in [3.8, 4) is 22.3 Å². The van der Waals surface area contributed by atoms with Crippen molar-refractivity contribution in [3.05, 3.63) is 329 Å². The molecule has 2 unspecified atom stereocenters. The molecule has 0 spiro atoms. The summed E-state index contributed by atoms with van der Waals surface area (Å²) in [5, 5.41) is 28.4. The Morgan fingerprint density at radius 2 is 0.544 bits per heavy atom. The number of hydrogen-bond donors (Lipinski definition) is 2. The second kappa shape index (κ2) is 15.3. The van der Waals surface area contributed by atoms with Crippen LogP contribution in [0.2, 0.25) is 0 Å². The number of halogens is 2. The van der Waals surface area contributed by atoms with Crippen LogP contribution in [0.25, 0.3) is 22.3 Å². The molecule has 3 aliphatic carbocycles. The summed E-state index contributed by atoms with van der Waals surface area (Å²) in [4.78, 5) is 0. The summed E-state index contributed by atoms with van der Waals surface area (Å²) in [5.74, 6) is 0. The van der Waals surface area contributed by atoms with Gasteiger partial charge in [0.15, 0.2) is 0 Å². The van der Waals surface area contributed by atoms with Crippen LogP contribution < -0.4 is 0 Å². The van der Waals surface area contributed by atoms with Gasteiger partial charge in [-0.15, -0.1) is 0 Å². The largest absolute Gasteiger partial charge is 0.376 e. The molecule has 2 N–H and O–H groups in total. The van der Waals surface area contributed by atoms with E-state index in [9.17, 15) is 10.2 Å². The Hall–Kier alpha value is -6.92. The molecule has 0 saturated heterocycles. The minimum atomic E-state index is -1.70. The van der Waals surface area contributed by atoms with Crippen LogP contribution in [0, 0.1) is 0 Å². The Morgan fingerprint density at radius 3 is 0.897 bits per heavy atom. The minimum absolute atomic E-state index is 0.603. The standard InChI is InChI=1S/C64H42Br2O2/c65-47-32-36-56-59(39-47)63(67,45-29-33-51-49-25-13-15-27-53(49)61(57(51)37-45,41-17-5-1-6-18-41)42-19-7-2-8-20-42)55-35-31-48(66)40-60(55)64(56,68)46-30-34-52-50-26-14-16-28-54(50)62(58(52)38-46,43-21-9-3-10-22-43)44-23-11-4-12-24-44/h1-40,67-68H. The minimum Gasteiger partial charge on any atom is -0.376 e. The Balaban J connectivity index is 1.08. The molecule has 68 heavy (non-hydrogen) atoms. The molecule has 2 nitrogen and oxygen atoms in total. The second-order valence-electron chi connectivity index (χ2n) is 18.4. The molecule has 0 aliphatic heterocycles. The first-order valence-electron chi connectivity index (χ1n) is 23.1. The van der Waals surface area contributed by atoms with Crippen LogP contribution >= 0.6 is 31.9 Å². The van der Waals surface area contributed by atoms with E-state index >= 15 is 0 Å². The normalized spacial score (nSPS) is 18.6. The molecule has 0 saturated carbocycles. The van der Waals surface area contributed by atoms with Gasteiger partial charge in [-0.1, -0.05) is 250 Å². The van der Waals surface area contributed by atoms with E-state index in [1.54, 1.807) is 0 Å². The predicted octanol–water partition coefficient (Wildman–Crippen LogP) is 14.8.